The zero-order chi connectivity index (χ0) is 14.7. The van der Waals surface area contributed by atoms with Gasteiger partial charge in [0.05, 0.1) is 4.92 Å². The second-order valence-electron chi connectivity index (χ2n) is 5.79. The summed E-state index contributed by atoms with van der Waals surface area (Å²) in [6.45, 7) is 6.75. The third-order valence-electron chi connectivity index (χ3n) is 4.38. The lowest BCUT2D eigenvalue weighted by Gasteiger charge is -2.33. The van der Waals surface area contributed by atoms with Crippen LogP contribution in [-0.4, -0.2) is 29.0 Å². The van der Waals surface area contributed by atoms with Crippen molar-refractivity contribution in [3.8, 4) is 0 Å². The van der Waals surface area contributed by atoms with Gasteiger partial charge in [0.1, 0.15) is 0 Å². The Labute approximate surface area is 119 Å². The largest absolute Gasteiger partial charge is 0.328 e. The van der Waals surface area contributed by atoms with Gasteiger partial charge in [0.2, 0.25) is 0 Å². The van der Waals surface area contributed by atoms with Gasteiger partial charge in [0.25, 0.3) is 5.69 Å². The van der Waals surface area contributed by atoms with Gasteiger partial charge in [0, 0.05) is 24.2 Å². The molecule has 2 rings (SSSR count). The van der Waals surface area contributed by atoms with Crippen LogP contribution in [0.5, 0.6) is 0 Å². The van der Waals surface area contributed by atoms with Gasteiger partial charge in [-0.05, 0) is 51.3 Å². The minimum atomic E-state index is -0.304. The van der Waals surface area contributed by atoms with Crippen molar-refractivity contribution in [2.45, 2.75) is 39.3 Å². The second kappa shape index (κ2) is 6.33. The Bertz CT molecular complexity index is 480. The fraction of sp³-hybridized carbons (Fsp3) is 0.600. The van der Waals surface area contributed by atoms with Crippen molar-refractivity contribution in [1.29, 1.82) is 0 Å². The van der Waals surface area contributed by atoms with Crippen LogP contribution in [0.1, 0.15) is 30.9 Å². The van der Waals surface area contributed by atoms with E-state index in [0.717, 1.165) is 43.6 Å². The summed E-state index contributed by atoms with van der Waals surface area (Å²) in [6, 6.07) is 5.59. The molecule has 1 aliphatic heterocycles. The molecule has 110 valence electrons. The summed E-state index contributed by atoms with van der Waals surface area (Å²) in [7, 11) is 0. The molecular weight excluding hydrogens is 254 g/mol. The van der Waals surface area contributed by atoms with Gasteiger partial charge >= 0.3 is 0 Å². The SMILES string of the molecule is Cc1c(CN2CCC(C(C)N)CC2)cccc1[N+](=O)[O-]. The molecule has 1 aromatic rings. The molecule has 5 nitrogen and oxygen atoms in total. The number of rotatable bonds is 4. The quantitative estimate of drug-likeness (QED) is 0.678. The molecule has 0 spiro atoms. The van der Waals surface area contributed by atoms with Crippen molar-refractivity contribution in [2.24, 2.45) is 11.7 Å². The van der Waals surface area contributed by atoms with Crippen LogP contribution in [0.15, 0.2) is 18.2 Å². The molecule has 1 aliphatic rings. The lowest BCUT2D eigenvalue weighted by atomic mass is 9.90. The third-order valence-corrected chi connectivity index (χ3v) is 4.38. The van der Waals surface area contributed by atoms with E-state index < -0.39 is 0 Å². The topological polar surface area (TPSA) is 72.4 Å². The van der Waals surface area contributed by atoms with E-state index in [4.69, 9.17) is 5.73 Å². The highest BCUT2D eigenvalue weighted by molar-refractivity contribution is 5.44. The first-order chi connectivity index (χ1) is 9.49. The van der Waals surface area contributed by atoms with Crippen LogP contribution in [0.2, 0.25) is 0 Å². The first kappa shape index (κ1) is 14.9. The van der Waals surface area contributed by atoms with Crippen molar-refractivity contribution in [1.82, 2.24) is 4.90 Å². The van der Waals surface area contributed by atoms with Gasteiger partial charge in [-0.1, -0.05) is 12.1 Å². The molecule has 0 bridgehead atoms. The maximum atomic E-state index is 11.0. The molecule has 0 radical (unpaired) electrons. The molecule has 1 unspecified atom stereocenters. The predicted octanol–water partition coefficient (Wildman–Crippen LogP) is 2.46. The number of piperidine rings is 1. The molecule has 1 heterocycles. The Kier molecular flexibility index (Phi) is 4.73. The molecule has 0 aliphatic carbocycles. The molecule has 0 saturated carbocycles. The van der Waals surface area contributed by atoms with E-state index in [1.54, 1.807) is 12.1 Å². The Hall–Kier alpha value is -1.46. The molecule has 2 N–H and O–H groups in total. The Balaban J connectivity index is 2.01. The van der Waals surface area contributed by atoms with Crippen molar-refractivity contribution in [3.05, 3.63) is 39.4 Å². The van der Waals surface area contributed by atoms with E-state index in [2.05, 4.69) is 11.8 Å². The van der Waals surface area contributed by atoms with Crippen LogP contribution in [0.4, 0.5) is 5.69 Å². The smallest absolute Gasteiger partial charge is 0.272 e. The average molecular weight is 277 g/mol. The Morgan fingerprint density at radius 2 is 2.10 bits per heavy atom. The van der Waals surface area contributed by atoms with Crippen LogP contribution in [0.25, 0.3) is 0 Å². The minimum Gasteiger partial charge on any atom is -0.328 e. The van der Waals surface area contributed by atoms with E-state index in [1.165, 1.54) is 0 Å². The molecule has 1 fully saturated rings. The summed E-state index contributed by atoms with van der Waals surface area (Å²) in [5, 5.41) is 11.0. The summed E-state index contributed by atoms with van der Waals surface area (Å²) in [6.07, 6.45) is 2.23. The van der Waals surface area contributed by atoms with Gasteiger partial charge in [-0.25, -0.2) is 0 Å². The van der Waals surface area contributed by atoms with Gasteiger partial charge in [-0.3, -0.25) is 15.0 Å². The number of likely N-dealkylation sites (tertiary alicyclic amines) is 1. The van der Waals surface area contributed by atoms with Crippen LogP contribution < -0.4 is 5.73 Å². The number of nitrogens with zero attached hydrogens (tertiary/aromatic N) is 2. The van der Waals surface area contributed by atoms with Crippen LogP contribution in [0, 0.1) is 23.0 Å². The minimum absolute atomic E-state index is 0.216. The van der Waals surface area contributed by atoms with Crippen molar-refractivity contribution >= 4 is 5.69 Å². The zero-order valence-electron chi connectivity index (χ0n) is 12.2. The lowest BCUT2D eigenvalue weighted by molar-refractivity contribution is -0.385. The van der Waals surface area contributed by atoms with Crippen LogP contribution in [-0.2, 0) is 6.54 Å². The van der Waals surface area contributed by atoms with Crippen LogP contribution >= 0.6 is 0 Å². The summed E-state index contributed by atoms with van der Waals surface area (Å²) in [5.74, 6) is 0.609. The van der Waals surface area contributed by atoms with Gasteiger partial charge in [-0.2, -0.15) is 0 Å². The van der Waals surface area contributed by atoms with Gasteiger partial charge in [-0.15, -0.1) is 0 Å². The number of hydrogen-bond acceptors (Lipinski definition) is 4. The van der Waals surface area contributed by atoms with Crippen molar-refractivity contribution < 1.29 is 4.92 Å². The van der Waals surface area contributed by atoms with E-state index in [9.17, 15) is 10.1 Å². The first-order valence-electron chi connectivity index (χ1n) is 7.20. The zero-order valence-corrected chi connectivity index (χ0v) is 12.2. The van der Waals surface area contributed by atoms with E-state index in [1.807, 2.05) is 13.0 Å². The molecule has 0 aromatic heterocycles. The average Bonchev–Trinajstić information content (AvgIpc) is 2.41. The summed E-state index contributed by atoms with van der Waals surface area (Å²) in [5.41, 5.74) is 8.00. The highest BCUT2D eigenvalue weighted by atomic mass is 16.6. The highest BCUT2D eigenvalue weighted by Crippen LogP contribution is 2.25. The van der Waals surface area contributed by atoms with E-state index >= 15 is 0 Å². The fourth-order valence-electron chi connectivity index (χ4n) is 2.92. The van der Waals surface area contributed by atoms with Gasteiger partial charge in [0.15, 0.2) is 0 Å². The maximum absolute atomic E-state index is 11.0. The first-order valence-corrected chi connectivity index (χ1v) is 7.20. The highest BCUT2D eigenvalue weighted by Gasteiger charge is 2.23. The van der Waals surface area contributed by atoms with E-state index in [0.29, 0.717) is 5.92 Å². The third kappa shape index (κ3) is 3.35. The standard InChI is InChI=1S/C15H23N3O2/c1-11-14(4-3-5-15(11)18(19)20)10-17-8-6-13(7-9-17)12(2)16/h3-5,12-13H,6-10,16H2,1-2H3. The summed E-state index contributed by atoms with van der Waals surface area (Å²) < 4.78 is 0. The number of nitro benzene ring substituents is 1. The second-order valence-corrected chi connectivity index (χ2v) is 5.79. The molecule has 5 heteroatoms. The Morgan fingerprint density at radius 3 is 2.65 bits per heavy atom. The predicted molar refractivity (Wildman–Crippen MR) is 79.5 cm³/mol. The van der Waals surface area contributed by atoms with Crippen molar-refractivity contribution in [2.75, 3.05) is 13.1 Å². The molecular formula is C15H23N3O2. The number of benzene rings is 1. The number of nitro groups is 1. The maximum Gasteiger partial charge on any atom is 0.272 e. The molecule has 1 saturated heterocycles. The summed E-state index contributed by atoms with van der Waals surface area (Å²) in [4.78, 5) is 13.0. The monoisotopic (exact) mass is 277 g/mol. The van der Waals surface area contributed by atoms with Gasteiger partial charge < -0.3 is 5.73 Å². The normalized spacial score (nSPS) is 18.9. The van der Waals surface area contributed by atoms with Crippen LogP contribution in [0.3, 0.4) is 0 Å². The number of hydrogen-bond donors (Lipinski definition) is 1. The molecule has 1 aromatic carbocycles. The van der Waals surface area contributed by atoms with E-state index in [-0.39, 0.29) is 16.7 Å². The molecule has 1 atom stereocenters. The number of nitrogens with two attached hydrogens (primary N) is 1. The molecule has 0 amide bonds. The lowest BCUT2D eigenvalue weighted by Crippen LogP contribution is -2.39. The van der Waals surface area contributed by atoms with Crippen molar-refractivity contribution in [3.63, 3.8) is 0 Å². The Morgan fingerprint density at radius 1 is 1.45 bits per heavy atom. The summed E-state index contributed by atoms with van der Waals surface area (Å²) >= 11 is 0. The molecule has 20 heavy (non-hydrogen) atoms. The fourth-order valence-corrected chi connectivity index (χ4v) is 2.92.